The van der Waals surface area contributed by atoms with Crippen molar-refractivity contribution in [3.63, 3.8) is 0 Å². The molecule has 168 valence electrons. The summed E-state index contributed by atoms with van der Waals surface area (Å²) in [5.74, 6) is -0.299. The Morgan fingerprint density at radius 3 is 2.30 bits per heavy atom. The molecule has 1 aliphatic carbocycles. The monoisotopic (exact) mass is 444 g/mol. The molecule has 0 aromatic heterocycles. The molecule has 1 saturated heterocycles. The Morgan fingerprint density at radius 1 is 0.848 bits per heavy atom. The highest BCUT2D eigenvalue weighted by molar-refractivity contribution is 6.32. The second kappa shape index (κ2) is 8.54. The highest BCUT2D eigenvalue weighted by Gasteiger charge is 2.58. The van der Waals surface area contributed by atoms with Crippen molar-refractivity contribution in [1.29, 1.82) is 0 Å². The van der Waals surface area contributed by atoms with Gasteiger partial charge in [-0.3, -0.25) is 19.4 Å². The third-order valence-corrected chi connectivity index (χ3v) is 6.71. The van der Waals surface area contributed by atoms with Gasteiger partial charge in [0.05, 0.1) is 7.11 Å². The summed E-state index contributed by atoms with van der Waals surface area (Å²) in [5, 5.41) is 0. The number of hydrogen-bond acceptors (Lipinski definition) is 5. The van der Waals surface area contributed by atoms with Crippen molar-refractivity contribution in [2.75, 3.05) is 33.3 Å². The number of ketones is 2. The predicted molar refractivity (Wildman–Crippen MR) is 123 cm³/mol. The fourth-order valence-electron chi connectivity index (χ4n) is 5.08. The Balaban J connectivity index is 1.44. The van der Waals surface area contributed by atoms with Crippen molar-refractivity contribution >= 4 is 11.6 Å². The summed E-state index contributed by atoms with van der Waals surface area (Å²) < 4.78 is 19.3. The van der Waals surface area contributed by atoms with Crippen LogP contribution < -0.4 is 4.74 Å². The minimum atomic E-state index is -1.44. The maximum atomic E-state index is 14.0. The van der Waals surface area contributed by atoms with Crippen LogP contribution in [0.5, 0.6) is 5.75 Å². The van der Waals surface area contributed by atoms with E-state index in [-0.39, 0.29) is 17.1 Å². The van der Waals surface area contributed by atoms with Gasteiger partial charge in [0.2, 0.25) is 0 Å². The Hall–Kier alpha value is -3.35. The quantitative estimate of drug-likeness (QED) is 0.559. The molecule has 2 aliphatic rings. The van der Waals surface area contributed by atoms with Crippen LogP contribution in [0.3, 0.4) is 0 Å². The molecule has 6 heteroatoms. The van der Waals surface area contributed by atoms with Crippen LogP contribution in [0.25, 0.3) is 0 Å². The predicted octanol–water partition coefficient (Wildman–Crippen LogP) is 3.93. The molecule has 1 heterocycles. The van der Waals surface area contributed by atoms with Crippen LogP contribution in [-0.2, 0) is 12.1 Å². The lowest BCUT2D eigenvalue weighted by Gasteiger charge is -2.44. The molecule has 0 N–H and O–H groups in total. The van der Waals surface area contributed by atoms with Crippen LogP contribution in [0.4, 0.5) is 4.39 Å². The summed E-state index contributed by atoms with van der Waals surface area (Å²) in [4.78, 5) is 31.8. The molecule has 0 spiro atoms. The normalized spacial score (nSPS) is 21.3. The molecule has 0 amide bonds. The first kappa shape index (κ1) is 21.5. The van der Waals surface area contributed by atoms with E-state index >= 15 is 0 Å². The summed E-state index contributed by atoms with van der Waals surface area (Å²) >= 11 is 0. The van der Waals surface area contributed by atoms with E-state index in [0.717, 1.165) is 17.9 Å². The summed E-state index contributed by atoms with van der Waals surface area (Å²) in [6, 6.07) is 21.0. The second-order valence-electron chi connectivity index (χ2n) is 8.54. The van der Waals surface area contributed by atoms with Crippen LogP contribution in [0, 0.1) is 5.82 Å². The highest BCUT2D eigenvalue weighted by Crippen LogP contribution is 2.43. The average Bonchev–Trinajstić information content (AvgIpc) is 3.07. The van der Waals surface area contributed by atoms with Gasteiger partial charge >= 0.3 is 0 Å². The van der Waals surface area contributed by atoms with Crippen molar-refractivity contribution in [2.24, 2.45) is 0 Å². The van der Waals surface area contributed by atoms with Crippen LogP contribution >= 0.6 is 0 Å². The standard InChI is InChI=1S/C27H25FN2O3/c1-33-22-9-5-6-19(16-22)18-29-12-14-30(15-13-29)27(20-7-3-2-4-8-20)25(31)23-11-10-21(28)17-24(23)26(27)32/h2-11,16-17H,12-15,18H2,1H3. The van der Waals surface area contributed by atoms with E-state index < -0.39 is 11.4 Å². The molecule has 0 saturated carbocycles. The topological polar surface area (TPSA) is 49.9 Å². The van der Waals surface area contributed by atoms with Gasteiger partial charge in [0.1, 0.15) is 11.6 Å². The summed E-state index contributed by atoms with van der Waals surface area (Å²) in [6.45, 7) is 3.27. The minimum absolute atomic E-state index is 0.169. The van der Waals surface area contributed by atoms with Crippen LogP contribution in [-0.4, -0.2) is 54.7 Å². The maximum Gasteiger partial charge on any atom is 0.196 e. The average molecular weight is 445 g/mol. The minimum Gasteiger partial charge on any atom is -0.497 e. The Kier molecular flexibility index (Phi) is 5.56. The van der Waals surface area contributed by atoms with E-state index in [0.29, 0.717) is 37.3 Å². The van der Waals surface area contributed by atoms with Crippen molar-refractivity contribution in [1.82, 2.24) is 9.80 Å². The number of halogens is 1. The van der Waals surface area contributed by atoms with E-state index in [1.54, 1.807) is 7.11 Å². The van der Waals surface area contributed by atoms with Gasteiger partial charge in [0, 0.05) is 43.9 Å². The molecule has 1 fully saturated rings. The van der Waals surface area contributed by atoms with Crippen LogP contribution in [0.2, 0.25) is 0 Å². The molecule has 1 aliphatic heterocycles. The molecule has 33 heavy (non-hydrogen) atoms. The third-order valence-electron chi connectivity index (χ3n) is 6.71. The van der Waals surface area contributed by atoms with Gasteiger partial charge < -0.3 is 4.74 Å². The number of carbonyl (C=O) groups excluding carboxylic acids is 2. The first-order chi connectivity index (χ1) is 16.0. The first-order valence-corrected chi connectivity index (χ1v) is 11.1. The smallest absolute Gasteiger partial charge is 0.196 e. The number of carbonyl (C=O) groups is 2. The number of nitrogens with zero attached hydrogens (tertiary/aromatic N) is 2. The summed E-state index contributed by atoms with van der Waals surface area (Å²) in [7, 11) is 1.65. The van der Waals surface area contributed by atoms with Gasteiger partial charge in [0.15, 0.2) is 17.1 Å². The molecule has 0 radical (unpaired) electrons. The molecule has 0 bridgehead atoms. The van der Waals surface area contributed by atoms with E-state index in [4.69, 9.17) is 4.74 Å². The molecule has 1 atom stereocenters. The van der Waals surface area contributed by atoms with Crippen LogP contribution in [0.1, 0.15) is 31.8 Å². The van der Waals surface area contributed by atoms with Crippen LogP contribution in [0.15, 0.2) is 72.8 Å². The number of benzene rings is 3. The molecular formula is C27H25FN2O3. The second-order valence-corrected chi connectivity index (χ2v) is 8.54. The van der Waals surface area contributed by atoms with Gasteiger partial charge in [-0.15, -0.1) is 0 Å². The molecule has 5 rings (SSSR count). The van der Waals surface area contributed by atoms with Crippen molar-refractivity contribution in [2.45, 2.75) is 12.1 Å². The van der Waals surface area contributed by atoms with Gasteiger partial charge in [-0.2, -0.15) is 0 Å². The zero-order valence-corrected chi connectivity index (χ0v) is 18.5. The fourth-order valence-corrected chi connectivity index (χ4v) is 5.08. The van der Waals surface area contributed by atoms with E-state index in [1.807, 2.05) is 53.4 Å². The van der Waals surface area contributed by atoms with Gasteiger partial charge in [-0.05, 0) is 41.5 Å². The molecule has 1 unspecified atom stereocenters. The summed E-state index contributed by atoms with van der Waals surface area (Å²) in [6.07, 6.45) is 0. The Labute approximate surface area is 192 Å². The Bertz CT molecular complexity index is 1200. The van der Waals surface area contributed by atoms with E-state index in [1.165, 1.54) is 18.2 Å². The molecule has 5 nitrogen and oxygen atoms in total. The van der Waals surface area contributed by atoms with Gasteiger partial charge in [-0.25, -0.2) is 4.39 Å². The number of methoxy groups -OCH3 is 1. The largest absolute Gasteiger partial charge is 0.497 e. The van der Waals surface area contributed by atoms with Crippen molar-refractivity contribution < 1.29 is 18.7 Å². The highest BCUT2D eigenvalue weighted by atomic mass is 19.1. The number of fused-ring (bicyclic) bond motifs is 1. The number of Topliss-reactive ketones (excluding diaryl/α,β-unsaturated/α-hetero) is 2. The van der Waals surface area contributed by atoms with E-state index in [9.17, 15) is 14.0 Å². The first-order valence-electron chi connectivity index (χ1n) is 11.1. The Morgan fingerprint density at radius 2 is 1.58 bits per heavy atom. The van der Waals surface area contributed by atoms with Crippen molar-refractivity contribution in [3.05, 3.63) is 101 Å². The number of rotatable bonds is 5. The SMILES string of the molecule is COc1cccc(CN2CCN(C3(c4ccccc4)C(=O)c4ccc(F)cc4C3=O)CC2)c1. The maximum absolute atomic E-state index is 14.0. The van der Waals surface area contributed by atoms with Crippen molar-refractivity contribution in [3.8, 4) is 5.75 Å². The van der Waals surface area contributed by atoms with E-state index in [2.05, 4.69) is 11.0 Å². The number of hydrogen-bond donors (Lipinski definition) is 0. The zero-order chi connectivity index (χ0) is 23.0. The van der Waals surface area contributed by atoms with Gasteiger partial charge in [-0.1, -0.05) is 42.5 Å². The molecular weight excluding hydrogens is 419 g/mol. The third kappa shape index (κ3) is 3.56. The lowest BCUT2D eigenvalue weighted by molar-refractivity contribution is 0.0279. The lowest BCUT2D eigenvalue weighted by atomic mass is 9.82. The molecule has 3 aromatic rings. The van der Waals surface area contributed by atoms with Gasteiger partial charge in [0.25, 0.3) is 0 Å². The number of ether oxygens (including phenoxy) is 1. The lowest BCUT2D eigenvalue weighted by Crippen LogP contribution is -2.60. The molecule has 3 aromatic carbocycles. The number of piperazine rings is 1. The fraction of sp³-hybridized carbons (Fsp3) is 0.259. The zero-order valence-electron chi connectivity index (χ0n) is 18.5. The summed E-state index contributed by atoms with van der Waals surface area (Å²) in [5.41, 5.74) is 0.806.